The van der Waals surface area contributed by atoms with Crippen LogP contribution in [0.4, 0.5) is 4.39 Å². The van der Waals surface area contributed by atoms with Gasteiger partial charge in [-0.2, -0.15) is 0 Å². The lowest BCUT2D eigenvalue weighted by Crippen LogP contribution is -2.33. The molecular formula is C10H15FN2O4S2. The fraction of sp³-hybridized carbons (Fsp3) is 0.400. The average Bonchev–Trinajstić information content (AvgIpc) is 2.28. The fourth-order valence-corrected chi connectivity index (χ4v) is 3.07. The second kappa shape index (κ2) is 5.95. The molecule has 1 N–H and O–H groups in total. The van der Waals surface area contributed by atoms with E-state index in [1.165, 1.54) is 14.1 Å². The van der Waals surface area contributed by atoms with Crippen molar-refractivity contribution in [3.05, 3.63) is 30.1 Å². The molecule has 0 fully saturated rings. The molecule has 19 heavy (non-hydrogen) atoms. The Morgan fingerprint density at radius 2 is 1.63 bits per heavy atom. The van der Waals surface area contributed by atoms with Gasteiger partial charge in [-0.05, 0) is 24.3 Å². The first-order valence-electron chi connectivity index (χ1n) is 5.30. The van der Waals surface area contributed by atoms with Gasteiger partial charge in [-0.25, -0.2) is 30.3 Å². The number of nitrogens with zero attached hydrogens (tertiary/aromatic N) is 1. The van der Waals surface area contributed by atoms with Crippen LogP contribution in [0.5, 0.6) is 0 Å². The second-order valence-corrected chi connectivity index (χ2v) is 8.02. The molecule has 0 atom stereocenters. The number of rotatable bonds is 6. The summed E-state index contributed by atoms with van der Waals surface area (Å²) in [6.45, 7) is -0.250. The molecule has 0 aliphatic heterocycles. The highest BCUT2D eigenvalue weighted by Crippen LogP contribution is 2.09. The molecule has 0 heterocycles. The third-order valence-electron chi connectivity index (χ3n) is 2.33. The maximum Gasteiger partial charge on any atom is 0.240 e. The van der Waals surface area contributed by atoms with Crippen molar-refractivity contribution in [2.45, 2.75) is 4.90 Å². The lowest BCUT2D eigenvalue weighted by molar-refractivity contribution is 0.519. The van der Waals surface area contributed by atoms with Crippen LogP contribution in [0, 0.1) is 5.82 Å². The van der Waals surface area contributed by atoms with Gasteiger partial charge in [0.2, 0.25) is 20.0 Å². The molecule has 0 amide bonds. The Morgan fingerprint density at radius 3 is 2.11 bits per heavy atom. The molecule has 0 aliphatic rings. The van der Waals surface area contributed by atoms with Crippen LogP contribution >= 0.6 is 0 Å². The van der Waals surface area contributed by atoms with Crippen LogP contribution in [-0.4, -0.2) is 47.5 Å². The average molecular weight is 310 g/mol. The molecule has 1 rings (SSSR count). The van der Waals surface area contributed by atoms with Gasteiger partial charge in [0.15, 0.2) is 0 Å². The zero-order valence-electron chi connectivity index (χ0n) is 10.5. The summed E-state index contributed by atoms with van der Waals surface area (Å²) >= 11 is 0. The number of nitrogens with one attached hydrogen (secondary N) is 1. The maximum atomic E-state index is 12.7. The van der Waals surface area contributed by atoms with E-state index < -0.39 is 25.9 Å². The molecule has 9 heteroatoms. The molecule has 1 aromatic carbocycles. The normalized spacial score (nSPS) is 12.8. The van der Waals surface area contributed by atoms with Gasteiger partial charge < -0.3 is 0 Å². The molecule has 0 aromatic heterocycles. The molecular weight excluding hydrogens is 295 g/mol. The minimum absolute atomic E-state index is 0.115. The van der Waals surface area contributed by atoms with E-state index in [0.29, 0.717) is 0 Å². The molecule has 0 unspecified atom stereocenters. The van der Waals surface area contributed by atoms with Crippen molar-refractivity contribution < 1.29 is 21.2 Å². The van der Waals surface area contributed by atoms with Crippen molar-refractivity contribution in [3.8, 4) is 0 Å². The lowest BCUT2D eigenvalue weighted by atomic mass is 10.4. The zero-order valence-corrected chi connectivity index (χ0v) is 12.1. The highest BCUT2D eigenvalue weighted by Gasteiger charge is 2.17. The van der Waals surface area contributed by atoms with Gasteiger partial charge in [0.1, 0.15) is 5.82 Å². The van der Waals surface area contributed by atoms with Crippen molar-refractivity contribution in [2.75, 3.05) is 26.4 Å². The Kier molecular flexibility index (Phi) is 5.02. The van der Waals surface area contributed by atoms with Crippen LogP contribution in [0.1, 0.15) is 0 Å². The van der Waals surface area contributed by atoms with Crippen LogP contribution in [0.3, 0.4) is 0 Å². The SMILES string of the molecule is CN(C)S(=O)(=O)CCNS(=O)(=O)c1ccc(F)cc1. The first-order chi connectivity index (χ1) is 8.65. The Labute approximate surface area is 112 Å². The van der Waals surface area contributed by atoms with Crippen LogP contribution < -0.4 is 4.72 Å². The van der Waals surface area contributed by atoms with Crippen molar-refractivity contribution in [1.29, 1.82) is 0 Å². The van der Waals surface area contributed by atoms with Crippen LogP contribution in [0.2, 0.25) is 0 Å². The first-order valence-corrected chi connectivity index (χ1v) is 8.40. The topological polar surface area (TPSA) is 83.6 Å². The molecule has 0 bridgehead atoms. The van der Waals surface area contributed by atoms with Gasteiger partial charge >= 0.3 is 0 Å². The Morgan fingerprint density at radius 1 is 1.11 bits per heavy atom. The summed E-state index contributed by atoms with van der Waals surface area (Å²) in [5.41, 5.74) is 0. The minimum atomic E-state index is -3.82. The van der Waals surface area contributed by atoms with Crippen LogP contribution in [-0.2, 0) is 20.0 Å². The van der Waals surface area contributed by atoms with Crippen molar-refractivity contribution >= 4 is 20.0 Å². The third kappa shape index (κ3) is 4.53. The number of hydrogen-bond donors (Lipinski definition) is 1. The smallest absolute Gasteiger partial charge is 0.212 e. The second-order valence-electron chi connectivity index (χ2n) is 3.95. The molecule has 6 nitrogen and oxygen atoms in total. The van der Waals surface area contributed by atoms with Crippen molar-refractivity contribution in [1.82, 2.24) is 9.03 Å². The molecule has 0 spiro atoms. The Bertz CT molecular complexity index is 624. The number of sulfonamides is 2. The van der Waals surface area contributed by atoms with E-state index in [0.717, 1.165) is 28.6 Å². The van der Waals surface area contributed by atoms with E-state index in [2.05, 4.69) is 4.72 Å². The lowest BCUT2D eigenvalue weighted by Gasteiger charge is -2.11. The molecule has 0 saturated heterocycles. The van der Waals surface area contributed by atoms with Gasteiger partial charge in [0.25, 0.3) is 0 Å². The van der Waals surface area contributed by atoms with Gasteiger partial charge in [-0.3, -0.25) is 0 Å². The summed E-state index contributed by atoms with van der Waals surface area (Å²) in [7, 11) is -4.56. The van der Waals surface area contributed by atoms with E-state index in [1.807, 2.05) is 0 Å². The van der Waals surface area contributed by atoms with Gasteiger partial charge in [-0.1, -0.05) is 0 Å². The van der Waals surface area contributed by atoms with Crippen LogP contribution in [0.25, 0.3) is 0 Å². The number of hydrogen-bond acceptors (Lipinski definition) is 4. The Hall–Kier alpha value is -1.03. The summed E-state index contributed by atoms with van der Waals surface area (Å²) in [6, 6.07) is 4.26. The van der Waals surface area contributed by atoms with Gasteiger partial charge in [0, 0.05) is 20.6 Å². The monoisotopic (exact) mass is 310 g/mol. The summed E-state index contributed by atoms with van der Waals surface area (Å²) in [5.74, 6) is -0.894. The Balaban J connectivity index is 2.70. The van der Waals surface area contributed by atoms with E-state index in [-0.39, 0.29) is 17.2 Å². The van der Waals surface area contributed by atoms with E-state index >= 15 is 0 Å². The molecule has 1 aromatic rings. The molecule has 0 aliphatic carbocycles. The first kappa shape index (κ1) is 16.0. The predicted octanol–water partition coefficient (Wildman–Crippen LogP) is -0.00460. The van der Waals surface area contributed by atoms with Crippen molar-refractivity contribution in [3.63, 3.8) is 0 Å². The zero-order chi connectivity index (χ0) is 14.7. The summed E-state index contributed by atoms with van der Waals surface area (Å²) in [4.78, 5) is -0.115. The van der Waals surface area contributed by atoms with E-state index in [4.69, 9.17) is 0 Å². The van der Waals surface area contributed by atoms with Crippen molar-refractivity contribution in [2.24, 2.45) is 0 Å². The third-order valence-corrected chi connectivity index (χ3v) is 5.64. The van der Waals surface area contributed by atoms with E-state index in [1.54, 1.807) is 0 Å². The number of halogens is 1. The maximum absolute atomic E-state index is 12.7. The minimum Gasteiger partial charge on any atom is -0.212 e. The number of benzene rings is 1. The highest BCUT2D eigenvalue weighted by atomic mass is 32.2. The molecule has 0 saturated carbocycles. The van der Waals surface area contributed by atoms with E-state index in [9.17, 15) is 21.2 Å². The fourth-order valence-electron chi connectivity index (χ4n) is 1.18. The van der Waals surface area contributed by atoms with Crippen LogP contribution in [0.15, 0.2) is 29.2 Å². The summed E-state index contributed by atoms with van der Waals surface area (Å²) in [6.07, 6.45) is 0. The standard InChI is InChI=1S/C10H15FN2O4S2/c1-13(2)18(14,15)8-7-12-19(16,17)10-5-3-9(11)4-6-10/h3-6,12H,7-8H2,1-2H3. The predicted molar refractivity (Wildman–Crippen MR) is 69.1 cm³/mol. The summed E-state index contributed by atoms with van der Waals surface area (Å²) in [5, 5.41) is 0. The summed E-state index contributed by atoms with van der Waals surface area (Å²) < 4.78 is 62.2. The molecule has 0 radical (unpaired) electrons. The van der Waals surface area contributed by atoms with Gasteiger partial charge in [0.05, 0.1) is 10.6 Å². The van der Waals surface area contributed by atoms with Gasteiger partial charge in [-0.15, -0.1) is 0 Å². The quantitative estimate of drug-likeness (QED) is 0.801. The largest absolute Gasteiger partial charge is 0.240 e. The highest BCUT2D eigenvalue weighted by molar-refractivity contribution is 7.90. The molecule has 108 valence electrons.